The summed E-state index contributed by atoms with van der Waals surface area (Å²) in [5.74, 6) is -0.207. The molecule has 0 radical (unpaired) electrons. The van der Waals surface area contributed by atoms with Crippen LogP contribution in [0.5, 0.6) is 0 Å². The molecule has 0 aliphatic carbocycles. The predicted octanol–water partition coefficient (Wildman–Crippen LogP) is 2.96. The van der Waals surface area contributed by atoms with Gasteiger partial charge in [-0.25, -0.2) is 0 Å². The summed E-state index contributed by atoms with van der Waals surface area (Å²) >= 11 is 6.95. The molecular formula is C13H15ClF3NO2S. The highest BCUT2D eigenvalue weighted by atomic mass is 35.5. The van der Waals surface area contributed by atoms with E-state index in [-0.39, 0.29) is 12.3 Å². The normalized spacial score (nSPS) is 11.5. The molecule has 0 bridgehead atoms. The van der Waals surface area contributed by atoms with Crippen LogP contribution in [0.3, 0.4) is 0 Å². The van der Waals surface area contributed by atoms with Crippen LogP contribution in [0.25, 0.3) is 0 Å². The minimum absolute atomic E-state index is 0.0707. The number of amides is 1. The molecule has 0 saturated heterocycles. The Bertz CT molecular complexity index is 454. The molecule has 0 unspecified atom stereocenters. The summed E-state index contributed by atoms with van der Waals surface area (Å²) in [6, 6.07) is 7.00. The second-order valence-corrected chi connectivity index (χ2v) is 5.70. The summed E-state index contributed by atoms with van der Waals surface area (Å²) < 4.78 is 37.0. The van der Waals surface area contributed by atoms with Gasteiger partial charge in [-0.3, -0.25) is 4.79 Å². The van der Waals surface area contributed by atoms with Gasteiger partial charge in [0.25, 0.3) is 0 Å². The Hall–Kier alpha value is -0.920. The molecule has 1 rings (SSSR count). The average Bonchev–Trinajstić information content (AvgIpc) is 2.39. The van der Waals surface area contributed by atoms with E-state index < -0.39 is 25.2 Å². The minimum Gasteiger partial charge on any atom is -0.395 e. The first kappa shape index (κ1) is 18.1. The van der Waals surface area contributed by atoms with Crippen molar-refractivity contribution in [3.63, 3.8) is 0 Å². The van der Waals surface area contributed by atoms with Gasteiger partial charge in [0.2, 0.25) is 5.91 Å². The van der Waals surface area contributed by atoms with Crippen LogP contribution < -0.4 is 0 Å². The van der Waals surface area contributed by atoms with Crippen molar-refractivity contribution in [1.29, 1.82) is 0 Å². The molecule has 1 amide bonds. The molecule has 1 N–H and O–H groups in total. The largest absolute Gasteiger partial charge is 0.406 e. The van der Waals surface area contributed by atoms with Gasteiger partial charge in [0.05, 0.1) is 12.4 Å². The summed E-state index contributed by atoms with van der Waals surface area (Å²) in [4.78, 5) is 12.3. The lowest BCUT2D eigenvalue weighted by molar-refractivity contribution is -0.160. The van der Waals surface area contributed by atoms with Gasteiger partial charge in [0.15, 0.2) is 0 Å². The second-order valence-electron chi connectivity index (χ2n) is 4.27. The smallest absolute Gasteiger partial charge is 0.395 e. The van der Waals surface area contributed by atoms with Crippen LogP contribution in [0.15, 0.2) is 24.3 Å². The molecule has 0 aliphatic rings. The first-order valence-corrected chi connectivity index (χ1v) is 7.62. The van der Waals surface area contributed by atoms with Crippen molar-refractivity contribution >= 4 is 29.3 Å². The van der Waals surface area contributed by atoms with E-state index in [1.54, 1.807) is 24.3 Å². The zero-order valence-electron chi connectivity index (χ0n) is 11.1. The number of carbonyl (C=O) groups is 1. The number of thioether (sulfide) groups is 1. The number of aliphatic hydroxyl groups is 1. The van der Waals surface area contributed by atoms with E-state index >= 15 is 0 Å². The van der Waals surface area contributed by atoms with E-state index in [4.69, 9.17) is 16.7 Å². The summed E-state index contributed by atoms with van der Waals surface area (Å²) in [5, 5.41) is 9.33. The molecule has 21 heavy (non-hydrogen) atoms. The highest BCUT2D eigenvalue weighted by Crippen LogP contribution is 2.19. The highest BCUT2D eigenvalue weighted by molar-refractivity contribution is 7.99. The summed E-state index contributed by atoms with van der Waals surface area (Å²) in [5.41, 5.74) is 0.932. The molecule has 8 heteroatoms. The molecule has 0 heterocycles. The number of alkyl halides is 3. The Morgan fingerprint density at radius 3 is 2.43 bits per heavy atom. The zero-order chi connectivity index (χ0) is 15.9. The SMILES string of the molecule is O=C(CSCc1ccc(Cl)cc1)N(CCO)CC(F)(F)F. The van der Waals surface area contributed by atoms with E-state index in [1.165, 1.54) is 11.8 Å². The number of hydrogen-bond donors (Lipinski definition) is 1. The molecule has 0 spiro atoms. The first-order chi connectivity index (χ1) is 9.81. The summed E-state index contributed by atoms with van der Waals surface area (Å²) in [7, 11) is 0. The predicted molar refractivity (Wildman–Crippen MR) is 77.3 cm³/mol. The Morgan fingerprint density at radius 1 is 1.29 bits per heavy atom. The molecular weight excluding hydrogens is 327 g/mol. The van der Waals surface area contributed by atoms with Gasteiger partial charge in [0.1, 0.15) is 6.54 Å². The maximum absolute atomic E-state index is 12.3. The monoisotopic (exact) mass is 341 g/mol. The van der Waals surface area contributed by atoms with Gasteiger partial charge < -0.3 is 10.0 Å². The molecule has 3 nitrogen and oxygen atoms in total. The van der Waals surface area contributed by atoms with Gasteiger partial charge >= 0.3 is 6.18 Å². The van der Waals surface area contributed by atoms with Crippen molar-refractivity contribution in [3.05, 3.63) is 34.9 Å². The van der Waals surface area contributed by atoms with E-state index in [0.29, 0.717) is 15.7 Å². The van der Waals surface area contributed by atoms with Crippen molar-refractivity contribution in [2.75, 3.05) is 25.4 Å². The van der Waals surface area contributed by atoms with Gasteiger partial charge in [-0.15, -0.1) is 11.8 Å². The molecule has 0 aromatic heterocycles. The number of rotatable bonds is 7. The van der Waals surface area contributed by atoms with Crippen LogP contribution in [0, 0.1) is 0 Å². The van der Waals surface area contributed by atoms with Crippen molar-refractivity contribution in [2.24, 2.45) is 0 Å². The molecule has 0 fully saturated rings. The van der Waals surface area contributed by atoms with Crippen molar-refractivity contribution in [3.8, 4) is 0 Å². The number of nitrogens with zero attached hydrogens (tertiary/aromatic N) is 1. The molecule has 0 atom stereocenters. The fourth-order valence-corrected chi connectivity index (χ4v) is 2.57. The van der Waals surface area contributed by atoms with Crippen molar-refractivity contribution < 1.29 is 23.1 Å². The third-order valence-electron chi connectivity index (χ3n) is 2.50. The van der Waals surface area contributed by atoms with E-state index in [1.807, 2.05) is 0 Å². The lowest BCUT2D eigenvalue weighted by atomic mass is 10.2. The van der Waals surface area contributed by atoms with E-state index in [2.05, 4.69) is 0 Å². The van der Waals surface area contributed by atoms with Crippen LogP contribution in [0.4, 0.5) is 13.2 Å². The third kappa shape index (κ3) is 7.59. The summed E-state index contributed by atoms with van der Waals surface area (Å²) in [6.07, 6.45) is -4.47. The fourth-order valence-electron chi connectivity index (χ4n) is 1.56. The van der Waals surface area contributed by atoms with Gasteiger partial charge in [-0.2, -0.15) is 13.2 Å². The molecule has 1 aromatic rings. The first-order valence-electron chi connectivity index (χ1n) is 6.09. The van der Waals surface area contributed by atoms with Crippen LogP contribution in [0.1, 0.15) is 5.56 Å². The minimum atomic E-state index is -4.47. The lowest BCUT2D eigenvalue weighted by Crippen LogP contribution is -2.41. The van der Waals surface area contributed by atoms with Crippen LogP contribution in [-0.4, -0.2) is 47.5 Å². The summed E-state index contributed by atoms with van der Waals surface area (Å²) in [6.45, 7) is -2.16. The molecule has 1 aromatic carbocycles. The quantitative estimate of drug-likeness (QED) is 0.829. The second kappa shape index (κ2) is 8.51. The number of benzene rings is 1. The number of hydrogen-bond acceptors (Lipinski definition) is 3. The average molecular weight is 342 g/mol. The Kier molecular flexibility index (Phi) is 7.34. The third-order valence-corrected chi connectivity index (χ3v) is 3.74. The van der Waals surface area contributed by atoms with Gasteiger partial charge in [-0.05, 0) is 17.7 Å². The highest BCUT2D eigenvalue weighted by Gasteiger charge is 2.32. The lowest BCUT2D eigenvalue weighted by Gasteiger charge is -2.22. The van der Waals surface area contributed by atoms with Gasteiger partial charge in [0, 0.05) is 17.3 Å². The Morgan fingerprint density at radius 2 is 1.90 bits per heavy atom. The van der Waals surface area contributed by atoms with E-state index in [9.17, 15) is 18.0 Å². The number of halogens is 4. The molecule has 0 aliphatic heterocycles. The van der Waals surface area contributed by atoms with Crippen molar-refractivity contribution in [2.45, 2.75) is 11.9 Å². The van der Waals surface area contributed by atoms with E-state index in [0.717, 1.165) is 5.56 Å². The fraction of sp³-hybridized carbons (Fsp3) is 0.462. The molecule has 0 saturated carbocycles. The topological polar surface area (TPSA) is 40.5 Å². The molecule has 118 valence electrons. The maximum atomic E-state index is 12.3. The van der Waals surface area contributed by atoms with Crippen LogP contribution in [0.2, 0.25) is 5.02 Å². The number of aliphatic hydroxyl groups excluding tert-OH is 1. The maximum Gasteiger partial charge on any atom is 0.406 e. The standard InChI is InChI=1S/C13H15ClF3NO2S/c14-11-3-1-10(2-4-11)7-21-8-12(20)18(5-6-19)9-13(15,16)17/h1-4,19H,5-9H2. The Balaban J connectivity index is 2.44. The van der Waals surface area contributed by atoms with Crippen molar-refractivity contribution in [1.82, 2.24) is 4.90 Å². The van der Waals surface area contributed by atoms with Crippen LogP contribution in [-0.2, 0) is 10.5 Å². The number of carbonyl (C=O) groups excluding carboxylic acids is 1. The Labute approximate surface area is 130 Å². The zero-order valence-corrected chi connectivity index (χ0v) is 12.6. The van der Waals surface area contributed by atoms with Gasteiger partial charge in [-0.1, -0.05) is 23.7 Å². The van der Waals surface area contributed by atoms with Crippen LogP contribution >= 0.6 is 23.4 Å².